The molecule has 0 amide bonds. The van der Waals surface area contributed by atoms with Crippen molar-refractivity contribution in [1.82, 2.24) is 20.2 Å². The van der Waals surface area contributed by atoms with E-state index in [9.17, 15) is 9.90 Å². The molecule has 0 atom stereocenters. The first-order valence-electron chi connectivity index (χ1n) is 9.75. The van der Waals surface area contributed by atoms with E-state index in [0.29, 0.717) is 5.16 Å². The first-order chi connectivity index (χ1) is 14.6. The standard InChI is InChI=1S/C23H22N4O2S/c1-3-8-19-24-23(27-26-19)30-18(22(28)29)13-17-16-12-7-9-14(2)20(16)25-21(17)15-10-5-4-6-11-15/h4-7,9-13,25H,3,8H2,1-2H3,(H,28,29)(H,24,26,27)/p-1/b18-13-. The fourth-order valence-electron chi connectivity index (χ4n) is 3.40. The van der Waals surface area contributed by atoms with Crippen LogP contribution in [0, 0.1) is 6.92 Å². The number of carboxylic acid groups (broad SMARTS) is 1. The molecular formula is C23H21N4O2S-. The fraction of sp³-hybridized carbons (Fsp3) is 0.174. The van der Waals surface area contributed by atoms with Gasteiger partial charge in [0, 0.05) is 27.8 Å². The van der Waals surface area contributed by atoms with Gasteiger partial charge in [0.2, 0.25) is 5.16 Å². The first kappa shape index (κ1) is 20.0. The van der Waals surface area contributed by atoms with Crippen molar-refractivity contribution < 1.29 is 9.90 Å². The summed E-state index contributed by atoms with van der Waals surface area (Å²) >= 11 is 0.990. The van der Waals surface area contributed by atoms with Gasteiger partial charge in [-0.3, -0.25) is 5.10 Å². The van der Waals surface area contributed by atoms with E-state index in [4.69, 9.17) is 0 Å². The number of carbonyl (C=O) groups excluding carboxylic acids is 1. The minimum absolute atomic E-state index is 0.0524. The lowest BCUT2D eigenvalue weighted by molar-refractivity contribution is -0.297. The van der Waals surface area contributed by atoms with Crippen LogP contribution in [0.15, 0.2) is 58.6 Å². The highest BCUT2D eigenvalue weighted by Gasteiger charge is 2.15. The Hall–Kier alpha value is -3.32. The summed E-state index contributed by atoms with van der Waals surface area (Å²) < 4.78 is 0. The number of fused-ring (bicyclic) bond motifs is 1. The molecule has 30 heavy (non-hydrogen) atoms. The van der Waals surface area contributed by atoms with Gasteiger partial charge in [0.1, 0.15) is 5.82 Å². The Morgan fingerprint density at radius 3 is 2.70 bits per heavy atom. The molecule has 2 aromatic carbocycles. The Morgan fingerprint density at radius 2 is 1.97 bits per heavy atom. The Labute approximate surface area is 178 Å². The summed E-state index contributed by atoms with van der Waals surface area (Å²) in [5.41, 5.74) is 4.71. The molecule has 0 aliphatic rings. The molecule has 0 aliphatic heterocycles. The molecule has 0 bridgehead atoms. The average Bonchev–Trinajstić information content (AvgIpc) is 3.34. The van der Waals surface area contributed by atoms with Gasteiger partial charge in [-0.1, -0.05) is 55.5 Å². The van der Waals surface area contributed by atoms with Gasteiger partial charge in [-0.05, 0) is 42.3 Å². The van der Waals surface area contributed by atoms with Gasteiger partial charge >= 0.3 is 0 Å². The maximum absolute atomic E-state index is 11.9. The number of benzene rings is 2. The molecule has 0 aliphatic carbocycles. The largest absolute Gasteiger partial charge is 0.544 e. The minimum Gasteiger partial charge on any atom is -0.544 e. The first-order valence-corrected chi connectivity index (χ1v) is 10.6. The summed E-state index contributed by atoms with van der Waals surface area (Å²) in [6.45, 7) is 4.07. The van der Waals surface area contributed by atoms with E-state index in [1.807, 2.05) is 62.4 Å². The third-order valence-corrected chi connectivity index (χ3v) is 5.69. The molecule has 0 saturated carbocycles. The molecule has 4 rings (SSSR count). The molecular weight excluding hydrogens is 396 g/mol. The number of nitrogens with zero attached hydrogens (tertiary/aromatic N) is 2. The lowest BCUT2D eigenvalue weighted by Gasteiger charge is -2.07. The topological polar surface area (TPSA) is 97.5 Å². The van der Waals surface area contributed by atoms with Crippen molar-refractivity contribution in [2.45, 2.75) is 31.8 Å². The summed E-state index contributed by atoms with van der Waals surface area (Å²) in [4.78, 5) is 19.8. The van der Waals surface area contributed by atoms with Gasteiger partial charge < -0.3 is 14.9 Å². The summed E-state index contributed by atoms with van der Waals surface area (Å²) in [6, 6.07) is 15.8. The van der Waals surface area contributed by atoms with Crippen molar-refractivity contribution in [3.63, 3.8) is 0 Å². The third kappa shape index (κ3) is 4.02. The molecule has 2 N–H and O–H groups in total. The summed E-state index contributed by atoms with van der Waals surface area (Å²) in [7, 11) is 0. The van der Waals surface area contributed by atoms with Gasteiger partial charge in [0.25, 0.3) is 0 Å². The van der Waals surface area contributed by atoms with Gasteiger partial charge in [0.15, 0.2) is 0 Å². The van der Waals surface area contributed by atoms with Crippen LogP contribution in [0.25, 0.3) is 28.2 Å². The zero-order valence-corrected chi connectivity index (χ0v) is 17.5. The zero-order chi connectivity index (χ0) is 21.1. The molecule has 7 heteroatoms. The number of H-pyrrole nitrogens is 2. The number of carbonyl (C=O) groups is 1. The molecule has 152 valence electrons. The smallest absolute Gasteiger partial charge is 0.213 e. The van der Waals surface area contributed by atoms with Gasteiger partial charge in [0.05, 0.1) is 11.7 Å². The molecule has 0 fully saturated rings. The Kier molecular flexibility index (Phi) is 5.72. The lowest BCUT2D eigenvalue weighted by atomic mass is 10.0. The van der Waals surface area contributed by atoms with Crippen LogP contribution >= 0.6 is 11.8 Å². The third-order valence-electron chi connectivity index (χ3n) is 4.82. The van der Waals surface area contributed by atoms with E-state index in [1.54, 1.807) is 6.08 Å². The number of rotatable bonds is 7. The van der Waals surface area contributed by atoms with Crippen LogP contribution in [-0.4, -0.2) is 26.1 Å². The molecule has 0 saturated heterocycles. The minimum atomic E-state index is -1.26. The highest BCUT2D eigenvalue weighted by Crippen LogP contribution is 2.35. The van der Waals surface area contributed by atoms with Crippen LogP contribution in [0.4, 0.5) is 0 Å². The second-order valence-corrected chi connectivity index (χ2v) is 8.00. The monoisotopic (exact) mass is 417 g/mol. The van der Waals surface area contributed by atoms with Crippen molar-refractivity contribution in [2.24, 2.45) is 0 Å². The Balaban J connectivity index is 1.83. The number of aromatic amines is 2. The summed E-state index contributed by atoms with van der Waals surface area (Å²) in [5.74, 6) is -0.520. The van der Waals surface area contributed by atoms with E-state index < -0.39 is 5.97 Å². The number of aromatic nitrogens is 4. The van der Waals surface area contributed by atoms with Crippen molar-refractivity contribution >= 4 is 34.7 Å². The quantitative estimate of drug-likeness (QED) is 0.349. The molecule has 0 unspecified atom stereocenters. The highest BCUT2D eigenvalue weighted by molar-refractivity contribution is 8.04. The predicted molar refractivity (Wildman–Crippen MR) is 118 cm³/mol. The van der Waals surface area contributed by atoms with Crippen LogP contribution < -0.4 is 5.11 Å². The van der Waals surface area contributed by atoms with Crippen LogP contribution in [0.3, 0.4) is 0 Å². The molecule has 2 aromatic heterocycles. The van der Waals surface area contributed by atoms with E-state index >= 15 is 0 Å². The number of hydrogen-bond donors (Lipinski definition) is 2. The van der Waals surface area contributed by atoms with E-state index in [0.717, 1.165) is 63.7 Å². The maximum atomic E-state index is 11.9. The van der Waals surface area contributed by atoms with E-state index in [2.05, 4.69) is 20.2 Å². The van der Waals surface area contributed by atoms with Gasteiger partial charge in [-0.2, -0.15) is 0 Å². The normalized spacial score (nSPS) is 11.9. The lowest BCUT2D eigenvalue weighted by Crippen LogP contribution is -2.23. The number of nitrogens with one attached hydrogen (secondary N) is 2. The van der Waals surface area contributed by atoms with Crippen molar-refractivity contribution in [1.29, 1.82) is 0 Å². The number of aryl methyl sites for hydroxylation is 2. The van der Waals surface area contributed by atoms with Crippen LogP contribution in [0.5, 0.6) is 0 Å². The average molecular weight is 418 g/mol. The number of thioether (sulfide) groups is 1. The Morgan fingerprint density at radius 1 is 1.17 bits per heavy atom. The number of para-hydroxylation sites is 1. The second kappa shape index (κ2) is 8.59. The van der Waals surface area contributed by atoms with E-state index in [1.165, 1.54) is 0 Å². The van der Waals surface area contributed by atoms with Crippen molar-refractivity contribution in [3.8, 4) is 11.3 Å². The second-order valence-electron chi connectivity index (χ2n) is 6.99. The molecule has 6 nitrogen and oxygen atoms in total. The van der Waals surface area contributed by atoms with Gasteiger partial charge in [-0.15, -0.1) is 5.10 Å². The maximum Gasteiger partial charge on any atom is 0.213 e. The highest BCUT2D eigenvalue weighted by atomic mass is 32.2. The number of aliphatic carboxylic acids is 1. The van der Waals surface area contributed by atoms with Crippen LogP contribution in [0.2, 0.25) is 0 Å². The van der Waals surface area contributed by atoms with Gasteiger partial charge in [-0.25, -0.2) is 4.98 Å². The fourth-order valence-corrected chi connectivity index (χ4v) is 4.10. The molecule has 2 heterocycles. The van der Waals surface area contributed by atoms with Crippen LogP contribution in [0.1, 0.15) is 30.3 Å². The number of hydrogen-bond acceptors (Lipinski definition) is 5. The predicted octanol–water partition coefficient (Wildman–Crippen LogP) is 4.10. The Bertz CT molecular complexity index is 1220. The summed E-state index contributed by atoms with van der Waals surface area (Å²) in [6.07, 6.45) is 3.34. The molecule has 0 radical (unpaired) electrons. The SMILES string of the molecule is CCCc1nc(S/C(=C\c2c(-c3ccccc3)[nH]c3c(C)cccc23)C(=O)[O-])n[nH]1. The van der Waals surface area contributed by atoms with Crippen LogP contribution in [-0.2, 0) is 11.2 Å². The zero-order valence-electron chi connectivity index (χ0n) is 16.7. The number of carboxylic acids is 1. The van der Waals surface area contributed by atoms with Crippen molar-refractivity contribution in [3.05, 3.63) is 70.4 Å². The summed E-state index contributed by atoms with van der Waals surface area (Å²) in [5, 5.41) is 20.2. The van der Waals surface area contributed by atoms with E-state index in [-0.39, 0.29) is 4.91 Å². The molecule has 4 aromatic rings. The van der Waals surface area contributed by atoms with Crippen molar-refractivity contribution in [2.75, 3.05) is 0 Å². The molecule has 0 spiro atoms.